The molecule has 0 fully saturated rings. The van der Waals surface area contributed by atoms with Gasteiger partial charge in [-0.2, -0.15) is 15.4 Å². The van der Waals surface area contributed by atoms with Crippen LogP contribution in [0.15, 0.2) is 24.4 Å². The third-order valence-corrected chi connectivity index (χ3v) is 2.14. The molecule has 17 heavy (non-hydrogen) atoms. The average Bonchev–Trinajstić information content (AvgIpc) is 2.81. The molecule has 0 saturated heterocycles. The number of carbonyl (C=O) groups is 1. The summed E-state index contributed by atoms with van der Waals surface area (Å²) in [6, 6.07) is 3.51. The van der Waals surface area contributed by atoms with Gasteiger partial charge in [0.2, 0.25) is 0 Å². The molecule has 0 bridgehead atoms. The lowest BCUT2D eigenvalue weighted by Gasteiger charge is -2.05. The van der Waals surface area contributed by atoms with Crippen LogP contribution in [0.2, 0.25) is 0 Å². The zero-order chi connectivity index (χ0) is 12.3. The standard InChI is InChI=1S/C10H8F2N4O/c11-7-2-1-3-8(12)6(7)4-13-10(17)9-5-14-16-15-9/h1-3,5H,4H2,(H,13,17)(H,14,15,16). The minimum absolute atomic E-state index is 0.0572. The Morgan fingerprint density at radius 1 is 1.35 bits per heavy atom. The maximum atomic E-state index is 13.2. The lowest BCUT2D eigenvalue weighted by atomic mass is 10.2. The monoisotopic (exact) mass is 238 g/mol. The molecule has 0 spiro atoms. The van der Waals surface area contributed by atoms with Gasteiger partial charge in [-0.3, -0.25) is 4.79 Å². The van der Waals surface area contributed by atoms with Crippen molar-refractivity contribution in [3.63, 3.8) is 0 Å². The van der Waals surface area contributed by atoms with Gasteiger partial charge in [-0.15, -0.1) is 0 Å². The molecule has 0 radical (unpaired) electrons. The zero-order valence-electron chi connectivity index (χ0n) is 8.58. The highest BCUT2D eigenvalue weighted by Gasteiger charge is 2.12. The van der Waals surface area contributed by atoms with Crippen molar-refractivity contribution in [1.29, 1.82) is 0 Å². The first-order valence-corrected chi connectivity index (χ1v) is 4.75. The molecular weight excluding hydrogens is 230 g/mol. The van der Waals surface area contributed by atoms with Gasteiger partial charge >= 0.3 is 0 Å². The number of amides is 1. The summed E-state index contributed by atoms with van der Waals surface area (Å²) in [6.07, 6.45) is 1.22. The number of aromatic amines is 1. The minimum atomic E-state index is -0.703. The van der Waals surface area contributed by atoms with Crippen LogP contribution in [0.25, 0.3) is 0 Å². The number of H-pyrrole nitrogens is 1. The van der Waals surface area contributed by atoms with Crippen LogP contribution >= 0.6 is 0 Å². The number of nitrogens with one attached hydrogen (secondary N) is 2. The molecule has 0 unspecified atom stereocenters. The molecular formula is C10H8F2N4O. The van der Waals surface area contributed by atoms with Crippen LogP contribution in [0.3, 0.4) is 0 Å². The molecule has 0 aliphatic carbocycles. The second-order valence-electron chi connectivity index (χ2n) is 3.24. The van der Waals surface area contributed by atoms with Crippen molar-refractivity contribution in [2.45, 2.75) is 6.54 Å². The van der Waals surface area contributed by atoms with Crippen LogP contribution in [-0.4, -0.2) is 21.3 Å². The van der Waals surface area contributed by atoms with Crippen molar-refractivity contribution in [3.8, 4) is 0 Å². The van der Waals surface area contributed by atoms with Gasteiger partial charge in [-0.25, -0.2) is 8.78 Å². The summed E-state index contributed by atoms with van der Waals surface area (Å²) in [5, 5.41) is 11.6. The van der Waals surface area contributed by atoms with Crippen LogP contribution in [-0.2, 0) is 6.54 Å². The van der Waals surface area contributed by atoms with Crippen LogP contribution in [0.5, 0.6) is 0 Å². The van der Waals surface area contributed by atoms with Gasteiger partial charge in [-0.1, -0.05) is 6.07 Å². The van der Waals surface area contributed by atoms with E-state index in [1.807, 2.05) is 0 Å². The van der Waals surface area contributed by atoms with Crippen LogP contribution in [0.4, 0.5) is 8.78 Å². The summed E-state index contributed by atoms with van der Waals surface area (Å²) >= 11 is 0. The molecule has 7 heteroatoms. The fraction of sp³-hybridized carbons (Fsp3) is 0.100. The topological polar surface area (TPSA) is 70.7 Å². The Morgan fingerprint density at radius 3 is 2.65 bits per heavy atom. The molecule has 2 aromatic rings. The van der Waals surface area contributed by atoms with E-state index >= 15 is 0 Å². The fourth-order valence-electron chi connectivity index (χ4n) is 1.27. The summed E-state index contributed by atoms with van der Waals surface area (Å²) in [5.74, 6) is -1.96. The van der Waals surface area contributed by atoms with Gasteiger partial charge in [0.1, 0.15) is 11.6 Å². The third kappa shape index (κ3) is 2.44. The zero-order valence-corrected chi connectivity index (χ0v) is 8.58. The fourth-order valence-corrected chi connectivity index (χ4v) is 1.27. The predicted molar refractivity (Wildman–Crippen MR) is 53.9 cm³/mol. The lowest BCUT2D eigenvalue weighted by Crippen LogP contribution is -2.24. The molecule has 1 aromatic carbocycles. The summed E-state index contributed by atoms with van der Waals surface area (Å²) in [7, 11) is 0. The SMILES string of the molecule is O=C(NCc1c(F)cccc1F)c1cn[nH]n1. The van der Waals surface area contributed by atoms with E-state index in [1.54, 1.807) is 0 Å². The highest BCUT2D eigenvalue weighted by Crippen LogP contribution is 2.11. The number of aromatic nitrogens is 3. The Kier molecular flexibility index (Phi) is 3.08. The number of benzene rings is 1. The molecule has 0 atom stereocenters. The lowest BCUT2D eigenvalue weighted by molar-refractivity contribution is 0.0945. The highest BCUT2D eigenvalue weighted by atomic mass is 19.1. The molecule has 2 N–H and O–H groups in total. The van der Waals surface area contributed by atoms with E-state index in [-0.39, 0.29) is 17.8 Å². The molecule has 88 valence electrons. The van der Waals surface area contributed by atoms with E-state index in [0.29, 0.717) is 0 Å². The molecule has 2 rings (SSSR count). The molecule has 1 amide bonds. The van der Waals surface area contributed by atoms with Gasteiger partial charge in [0.25, 0.3) is 5.91 Å². The van der Waals surface area contributed by atoms with Crippen molar-refractivity contribution in [2.24, 2.45) is 0 Å². The molecule has 0 aliphatic heterocycles. The summed E-state index contributed by atoms with van der Waals surface area (Å²) in [6.45, 7) is -0.246. The Hall–Kier alpha value is -2.31. The van der Waals surface area contributed by atoms with Gasteiger partial charge in [0.15, 0.2) is 5.69 Å². The number of rotatable bonds is 3. The number of nitrogens with zero attached hydrogens (tertiary/aromatic N) is 2. The normalized spacial score (nSPS) is 10.2. The van der Waals surface area contributed by atoms with Crippen molar-refractivity contribution in [2.75, 3.05) is 0 Å². The molecule has 1 aromatic heterocycles. The van der Waals surface area contributed by atoms with E-state index in [9.17, 15) is 13.6 Å². The summed E-state index contributed by atoms with van der Waals surface area (Å²) < 4.78 is 26.4. The number of hydrogen-bond acceptors (Lipinski definition) is 3. The Balaban J connectivity index is 2.06. The molecule has 0 aliphatic rings. The third-order valence-electron chi connectivity index (χ3n) is 2.14. The highest BCUT2D eigenvalue weighted by molar-refractivity contribution is 5.91. The van der Waals surface area contributed by atoms with E-state index in [0.717, 1.165) is 12.1 Å². The number of halogens is 2. The summed E-state index contributed by atoms with van der Waals surface area (Å²) in [5.41, 5.74) is -0.133. The Morgan fingerprint density at radius 2 is 2.06 bits per heavy atom. The smallest absolute Gasteiger partial charge is 0.273 e. The van der Waals surface area contributed by atoms with Gasteiger partial charge in [-0.05, 0) is 12.1 Å². The molecule has 0 saturated carbocycles. The van der Waals surface area contributed by atoms with Gasteiger partial charge in [0, 0.05) is 12.1 Å². The van der Waals surface area contributed by atoms with Crippen molar-refractivity contribution < 1.29 is 13.6 Å². The van der Waals surface area contributed by atoms with Crippen molar-refractivity contribution >= 4 is 5.91 Å². The average molecular weight is 238 g/mol. The minimum Gasteiger partial charge on any atom is -0.346 e. The first kappa shape index (κ1) is 11.2. The van der Waals surface area contributed by atoms with Crippen LogP contribution in [0, 0.1) is 11.6 Å². The maximum absolute atomic E-state index is 13.2. The van der Waals surface area contributed by atoms with E-state index in [1.165, 1.54) is 12.3 Å². The van der Waals surface area contributed by atoms with E-state index in [2.05, 4.69) is 20.7 Å². The molecule has 5 nitrogen and oxygen atoms in total. The second kappa shape index (κ2) is 4.69. The second-order valence-corrected chi connectivity index (χ2v) is 3.24. The van der Waals surface area contributed by atoms with Crippen molar-refractivity contribution in [3.05, 3.63) is 47.3 Å². The van der Waals surface area contributed by atoms with Gasteiger partial charge in [0.05, 0.1) is 6.20 Å². The number of hydrogen-bond donors (Lipinski definition) is 2. The number of carbonyl (C=O) groups excluding carboxylic acids is 1. The quantitative estimate of drug-likeness (QED) is 0.838. The molecule has 1 heterocycles. The predicted octanol–water partition coefficient (Wildman–Crippen LogP) is 1.01. The Bertz CT molecular complexity index is 507. The van der Waals surface area contributed by atoms with Gasteiger partial charge < -0.3 is 5.32 Å². The first-order valence-electron chi connectivity index (χ1n) is 4.75. The van der Waals surface area contributed by atoms with Crippen LogP contribution < -0.4 is 5.32 Å². The Labute approximate surface area is 94.8 Å². The largest absolute Gasteiger partial charge is 0.346 e. The maximum Gasteiger partial charge on any atom is 0.273 e. The first-order chi connectivity index (χ1) is 8.18. The van der Waals surface area contributed by atoms with Crippen LogP contribution in [0.1, 0.15) is 16.1 Å². The summed E-state index contributed by atoms with van der Waals surface area (Å²) in [4.78, 5) is 11.4. The van der Waals surface area contributed by atoms with E-state index < -0.39 is 17.5 Å². The van der Waals surface area contributed by atoms with E-state index in [4.69, 9.17) is 0 Å². The van der Waals surface area contributed by atoms with Crippen molar-refractivity contribution in [1.82, 2.24) is 20.7 Å².